The Bertz CT molecular complexity index is 1220. The summed E-state index contributed by atoms with van der Waals surface area (Å²) in [5, 5.41) is 3.66. The molecule has 7 heteroatoms. The SMILES string of the molecule is COCCOC(=O)C1=C(C)NC2=C(C(=O)CC(C)(C)C2)[C@H]1c1coc2ccccc2c1=O. The molecule has 7 nitrogen and oxygen atoms in total. The van der Waals surface area contributed by atoms with Crippen LogP contribution in [0.5, 0.6) is 0 Å². The molecule has 32 heavy (non-hydrogen) atoms. The zero-order chi connectivity index (χ0) is 23.0. The number of carbonyl (C=O) groups is 2. The number of rotatable bonds is 5. The van der Waals surface area contributed by atoms with E-state index in [9.17, 15) is 14.4 Å². The maximum Gasteiger partial charge on any atom is 0.336 e. The number of dihydropyridines is 1. The van der Waals surface area contributed by atoms with Crippen LogP contribution in [-0.2, 0) is 19.1 Å². The quantitative estimate of drug-likeness (QED) is 0.564. The van der Waals surface area contributed by atoms with E-state index in [0.717, 1.165) is 5.70 Å². The van der Waals surface area contributed by atoms with Crippen molar-refractivity contribution in [3.05, 3.63) is 68.9 Å². The van der Waals surface area contributed by atoms with Gasteiger partial charge in [-0.15, -0.1) is 0 Å². The molecule has 1 N–H and O–H groups in total. The molecule has 0 radical (unpaired) electrons. The summed E-state index contributed by atoms with van der Waals surface area (Å²) in [6.45, 7) is 6.14. The zero-order valence-electron chi connectivity index (χ0n) is 18.7. The first-order valence-electron chi connectivity index (χ1n) is 10.6. The molecule has 0 saturated carbocycles. The van der Waals surface area contributed by atoms with Gasteiger partial charge in [0.15, 0.2) is 11.2 Å². The second-order valence-corrected chi connectivity index (χ2v) is 9.07. The van der Waals surface area contributed by atoms with Crippen molar-refractivity contribution in [3.63, 3.8) is 0 Å². The Morgan fingerprint density at radius 3 is 2.69 bits per heavy atom. The number of para-hydroxylation sites is 1. The van der Waals surface area contributed by atoms with Crippen molar-refractivity contribution in [1.82, 2.24) is 5.32 Å². The molecule has 168 valence electrons. The van der Waals surface area contributed by atoms with Crippen LogP contribution in [0, 0.1) is 5.41 Å². The smallest absolute Gasteiger partial charge is 0.336 e. The minimum Gasteiger partial charge on any atom is -0.464 e. The average Bonchev–Trinajstić information content (AvgIpc) is 2.72. The predicted molar refractivity (Wildman–Crippen MR) is 119 cm³/mol. The van der Waals surface area contributed by atoms with Crippen LogP contribution in [0.25, 0.3) is 11.0 Å². The minimum atomic E-state index is -0.856. The molecule has 0 bridgehead atoms. The van der Waals surface area contributed by atoms with Gasteiger partial charge in [0.25, 0.3) is 0 Å². The standard InChI is InChI=1S/C25H27NO6/c1-14-20(24(29)31-10-9-30-4)21(22-17(26-14)11-25(2,3)12-18(22)27)16-13-32-19-8-6-5-7-15(19)23(16)28/h5-8,13,21,26H,9-12H2,1-4H3/t21-/m0/s1. The van der Waals surface area contributed by atoms with Crippen molar-refractivity contribution in [2.75, 3.05) is 20.3 Å². The number of methoxy groups -OCH3 is 1. The summed E-state index contributed by atoms with van der Waals surface area (Å²) < 4.78 is 16.1. The van der Waals surface area contributed by atoms with Gasteiger partial charge in [0.2, 0.25) is 0 Å². The van der Waals surface area contributed by atoms with E-state index in [2.05, 4.69) is 5.32 Å². The second kappa shape index (κ2) is 8.39. The van der Waals surface area contributed by atoms with Crippen LogP contribution in [0.15, 0.2) is 62.3 Å². The molecule has 0 fully saturated rings. The van der Waals surface area contributed by atoms with Crippen molar-refractivity contribution in [2.24, 2.45) is 5.41 Å². The molecule has 1 aliphatic carbocycles. The van der Waals surface area contributed by atoms with E-state index in [1.165, 1.54) is 13.4 Å². The van der Waals surface area contributed by atoms with Crippen LogP contribution >= 0.6 is 0 Å². The summed E-state index contributed by atoms with van der Waals surface area (Å²) in [7, 11) is 1.52. The largest absolute Gasteiger partial charge is 0.464 e. The number of esters is 1. The third-order valence-electron chi connectivity index (χ3n) is 6.00. The molecule has 1 atom stereocenters. The molecule has 0 amide bonds. The Morgan fingerprint density at radius 1 is 1.19 bits per heavy atom. The number of benzene rings is 1. The number of ketones is 1. The number of hydrogen-bond donors (Lipinski definition) is 1. The molecule has 2 heterocycles. The highest BCUT2D eigenvalue weighted by Crippen LogP contribution is 2.46. The van der Waals surface area contributed by atoms with E-state index in [1.54, 1.807) is 31.2 Å². The maximum absolute atomic E-state index is 13.5. The van der Waals surface area contributed by atoms with Crippen molar-refractivity contribution < 1.29 is 23.5 Å². The minimum absolute atomic E-state index is 0.0675. The fraction of sp³-hybridized carbons (Fsp3) is 0.400. The molecule has 2 aromatic rings. The summed E-state index contributed by atoms with van der Waals surface area (Å²) in [6.07, 6.45) is 2.33. The van der Waals surface area contributed by atoms with Gasteiger partial charge in [0.05, 0.1) is 29.7 Å². The Balaban J connectivity index is 1.90. The van der Waals surface area contributed by atoms with Crippen LogP contribution in [0.4, 0.5) is 0 Å². The molecule has 0 unspecified atom stereocenters. The van der Waals surface area contributed by atoms with Crippen molar-refractivity contribution in [3.8, 4) is 0 Å². The molecular formula is C25H27NO6. The maximum atomic E-state index is 13.5. The summed E-state index contributed by atoms with van der Waals surface area (Å²) in [5.74, 6) is -1.53. The normalized spacial score (nSPS) is 20.2. The van der Waals surface area contributed by atoms with Gasteiger partial charge >= 0.3 is 5.97 Å². The van der Waals surface area contributed by atoms with Crippen molar-refractivity contribution in [2.45, 2.75) is 39.5 Å². The number of ether oxygens (including phenoxy) is 2. The molecule has 1 aliphatic heterocycles. The van der Waals surface area contributed by atoms with Gasteiger partial charge in [-0.1, -0.05) is 26.0 Å². The van der Waals surface area contributed by atoms with Crippen LogP contribution in [0.3, 0.4) is 0 Å². The highest BCUT2D eigenvalue weighted by molar-refractivity contribution is 6.04. The number of Topliss-reactive ketones (excluding diaryl/α,β-unsaturated/α-hetero) is 1. The van der Waals surface area contributed by atoms with E-state index in [4.69, 9.17) is 13.9 Å². The van der Waals surface area contributed by atoms with E-state index in [-0.39, 0.29) is 41.0 Å². The van der Waals surface area contributed by atoms with Gasteiger partial charge < -0.3 is 19.2 Å². The van der Waals surface area contributed by atoms with E-state index >= 15 is 0 Å². The summed E-state index contributed by atoms with van der Waals surface area (Å²) in [5.41, 5.74) is 2.21. The van der Waals surface area contributed by atoms with Gasteiger partial charge in [-0.05, 0) is 30.9 Å². The molecule has 4 rings (SSSR count). The first-order chi connectivity index (χ1) is 15.2. The molecular weight excluding hydrogens is 410 g/mol. The van der Waals surface area contributed by atoms with E-state index in [0.29, 0.717) is 35.1 Å². The lowest BCUT2D eigenvalue weighted by atomic mass is 9.68. The topological polar surface area (TPSA) is 94.8 Å². The van der Waals surface area contributed by atoms with Gasteiger partial charge in [0, 0.05) is 36.1 Å². The van der Waals surface area contributed by atoms with Crippen LogP contribution in [-0.4, -0.2) is 32.1 Å². The Morgan fingerprint density at radius 2 is 1.94 bits per heavy atom. The number of nitrogens with one attached hydrogen (secondary N) is 1. The Kier molecular flexibility index (Phi) is 5.77. The average molecular weight is 437 g/mol. The summed E-state index contributed by atoms with van der Waals surface area (Å²) in [6, 6.07) is 6.93. The van der Waals surface area contributed by atoms with Gasteiger partial charge in [0.1, 0.15) is 12.2 Å². The molecule has 1 aromatic carbocycles. The van der Waals surface area contributed by atoms with Crippen LogP contribution in [0.1, 0.15) is 45.1 Å². The highest BCUT2D eigenvalue weighted by Gasteiger charge is 2.44. The number of carbonyl (C=O) groups excluding carboxylic acids is 2. The van der Waals surface area contributed by atoms with E-state index < -0.39 is 11.9 Å². The number of hydrogen-bond acceptors (Lipinski definition) is 7. The second-order valence-electron chi connectivity index (χ2n) is 9.07. The zero-order valence-corrected chi connectivity index (χ0v) is 18.7. The lowest BCUT2D eigenvalue weighted by Crippen LogP contribution is -2.39. The molecule has 1 aromatic heterocycles. The first-order valence-corrected chi connectivity index (χ1v) is 10.6. The molecule has 0 saturated heterocycles. The number of allylic oxidation sites excluding steroid dienone is 3. The third kappa shape index (κ3) is 3.88. The highest BCUT2D eigenvalue weighted by atomic mass is 16.6. The Labute approximate surface area is 186 Å². The molecule has 0 spiro atoms. The molecule has 2 aliphatic rings. The summed E-state index contributed by atoms with van der Waals surface area (Å²) in [4.78, 5) is 39.9. The lowest BCUT2D eigenvalue weighted by molar-refractivity contribution is -0.140. The van der Waals surface area contributed by atoms with Crippen LogP contribution in [0.2, 0.25) is 0 Å². The Hall–Kier alpha value is -3.19. The van der Waals surface area contributed by atoms with Crippen molar-refractivity contribution >= 4 is 22.7 Å². The van der Waals surface area contributed by atoms with Crippen LogP contribution < -0.4 is 10.7 Å². The van der Waals surface area contributed by atoms with Gasteiger partial charge in [-0.25, -0.2) is 4.79 Å². The van der Waals surface area contributed by atoms with Crippen molar-refractivity contribution in [1.29, 1.82) is 0 Å². The fourth-order valence-corrected chi connectivity index (χ4v) is 4.61. The number of fused-ring (bicyclic) bond motifs is 1. The van der Waals surface area contributed by atoms with Gasteiger partial charge in [-0.2, -0.15) is 0 Å². The van der Waals surface area contributed by atoms with E-state index in [1.807, 2.05) is 13.8 Å². The van der Waals surface area contributed by atoms with Gasteiger partial charge in [-0.3, -0.25) is 9.59 Å². The first kappa shape index (κ1) is 22.0. The predicted octanol–water partition coefficient (Wildman–Crippen LogP) is 3.59. The fourth-order valence-electron chi connectivity index (χ4n) is 4.61. The lowest BCUT2D eigenvalue weighted by Gasteiger charge is -2.39. The monoisotopic (exact) mass is 437 g/mol. The third-order valence-corrected chi connectivity index (χ3v) is 6.00. The summed E-state index contributed by atoms with van der Waals surface area (Å²) >= 11 is 0.